The average molecular weight is 346 g/mol. The minimum absolute atomic E-state index is 0.0237. The largest absolute Gasteiger partial charge is 0.416 e. The van der Waals surface area contributed by atoms with Gasteiger partial charge in [-0.1, -0.05) is 18.6 Å². The zero-order chi connectivity index (χ0) is 17.6. The van der Waals surface area contributed by atoms with Gasteiger partial charge in [0.2, 0.25) is 5.91 Å². The van der Waals surface area contributed by atoms with E-state index in [0.29, 0.717) is 29.3 Å². The molecule has 4 rings (SSSR count). The van der Waals surface area contributed by atoms with E-state index in [-0.39, 0.29) is 12.3 Å². The monoisotopic (exact) mass is 346 g/mol. The van der Waals surface area contributed by atoms with Crippen molar-refractivity contribution in [1.29, 1.82) is 0 Å². The number of pyridine rings is 1. The van der Waals surface area contributed by atoms with Crippen LogP contribution in [0.25, 0.3) is 11.1 Å². The van der Waals surface area contributed by atoms with Gasteiger partial charge in [-0.15, -0.1) is 0 Å². The third kappa shape index (κ3) is 3.01. The Morgan fingerprint density at radius 2 is 1.96 bits per heavy atom. The predicted molar refractivity (Wildman–Crippen MR) is 88.1 cm³/mol. The lowest BCUT2D eigenvalue weighted by Gasteiger charge is -2.30. The molecule has 2 aromatic rings. The van der Waals surface area contributed by atoms with Crippen LogP contribution in [0.3, 0.4) is 0 Å². The van der Waals surface area contributed by atoms with Gasteiger partial charge in [0.1, 0.15) is 0 Å². The van der Waals surface area contributed by atoms with E-state index in [1.54, 1.807) is 23.2 Å². The highest BCUT2D eigenvalue weighted by Gasteiger charge is 2.33. The first-order valence-corrected chi connectivity index (χ1v) is 8.39. The summed E-state index contributed by atoms with van der Waals surface area (Å²) >= 11 is 0. The van der Waals surface area contributed by atoms with Crippen LogP contribution in [-0.4, -0.2) is 17.4 Å². The van der Waals surface area contributed by atoms with Crippen LogP contribution < -0.4 is 4.90 Å². The first kappa shape index (κ1) is 16.1. The minimum Gasteiger partial charge on any atom is -0.310 e. The summed E-state index contributed by atoms with van der Waals surface area (Å²) in [5.41, 5.74) is 1.81. The number of benzene rings is 1. The normalized spacial score (nSPS) is 17.6. The van der Waals surface area contributed by atoms with Gasteiger partial charge in [-0.25, -0.2) is 0 Å². The van der Waals surface area contributed by atoms with E-state index in [9.17, 15) is 18.0 Å². The van der Waals surface area contributed by atoms with Crippen molar-refractivity contribution in [3.05, 3.63) is 47.8 Å². The maximum absolute atomic E-state index is 12.9. The highest BCUT2D eigenvalue weighted by molar-refractivity contribution is 6.01. The van der Waals surface area contributed by atoms with E-state index in [0.717, 1.165) is 30.7 Å². The van der Waals surface area contributed by atoms with Crippen LogP contribution in [0, 0.1) is 5.92 Å². The van der Waals surface area contributed by atoms with E-state index in [2.05, 4.69) is 4.98 Å². The summed E-state index contributed by atoms with van der Waals surface area (Å²) in [5, 5.41) is 0. The fourth-order valence-electron chi connectivity index (χ4n) is 3.39. The molecule has 1 amide bonds. The maximum Gasteiger partial charge on any atom is 0.416 e. The number of hydrogen-bond acceptors (Lipinski definition) is 2. The highest BCUT2D eigenvalue weighted by Crippen LogP contribution is 2.37. The van der Waals surface area contributed by atoms with E-state index in [1.165, 1.54) is 12.5 Å². The SMILES string of the molecule is O=C1Cc2ncc(-c3cccc(C(F)(F)F)c3)cc2N1CC1CCC1. The quantitative estimate of drug-likeness (QED) is 0.822. The average Bonchev–Trinajstić information content (AvgIpc) is 2.85. The fourth-order valence-corrected chi connectivity index (χ4v) is 3.39. The van der Waals surface area contributed by atoms with Gasteiger partial charge in [-0.2, -0.15) is 13.2 Å². The Balaban J connectivity index is 1.68. The van der Waals surface area contributed by atoms with Gasteiger partial charge in [0.05, 0.1) is 23.4 Å². The molecule has 1 aliphatic carbocycles. The maximum atomic E-state index is 12.9. The first-order valence-electron chi connectivity index (χ1n) is 8.39. The Hall–Kier alpha value is -2.37. The summed E-state index contributed by atoms with van der Waals surface area (Å²) in [6.45, 7) is 0.680. The van der Waals surface area contributed by atoms with Gasteiger partial charge < -0.3 is 4.90 Å². The van der Waals surface area contributed by atoms with Crippen molar-refractivity contribution in [2.75, 3.05) is 11.4 Å². The second-order valence-corrected chi connectivity index (χ2v) is 6.75. The van der Waals surface area contributed by atoms with Crippen LogP contribution in [0.4, 0.5) is 18.9 Å². The molecule has 25 heavy (non-hydrogen) atoms. The Kier molecular flexibility index (Phi) is 3.78. The summed E-state index contributed by atoms with van der Waals surface area (Å²) in [6.07, 6.45) is 0.883. The molecular formula is C19H17F3N2O. The second kappa shape index (κ2) is 5.86. The van der Waals surface area contributed by atoms with Crippen LogP contribution in [0.1, 0.15) is 30.5 Å². The van der Waals surface area contributed by atoms with E-state index < -0.39 is 11.7 Å². The molecular weight excluding hydrogens is 329 g/mol. The number of aromatic nitrogens is 1. The van der Waals surface area contributed by atoms with Crippen molar-refractivity contribution >= 4 is 11.6 Å². The van der Waals surface area contributed by atoms with E-state index in [1.807, 2.05) is 0 Å². The molecule has 1 saturated carbocycles. The molecule has 1 fully saturated rings. The van der Waals surface area contributed by atoms with Crippen LogP contribution in [-0.2, 0) is 17.4 Å². The van der Waals surface area contributed by atoms with Gasteiger partial charge in [0.25, 0.3) is 0 Å². The van der Waals surface area contributed by atoms with Gasteiger partial charge in [-0.3, -0.25) is 9.78 Å². The highest BCUT2D eigenvalue weighted by atomic mass is 19.4. The molecule has 1 aromatic carbocycles. The van der Waals surface area contributed by atoms with Crippen molar-refractivity contribution in [2.45, 2.75) is 31.9 Å². The molecule has 130 valence electrons. The Morgan fingerprint density at radius 1 is 1.16 bits per heavy atom. The van der Waals surface area contributed by atoms with Crippen molar-refractivity contribution in [3.8, 4) is 11.1 Å². The van der Waals surface area contributed by atoms with Crippen LogP contribution in [0.2, 0.25) is 0 Å². The van der Waals surface area contributed by atoms with Crippen molar-refractivity contribution < 1.29 is 18.0 Å². The Morgan fingerprint density at radius 3 is 2.64 bits per heavy atom. The number of rotatable bonds is 3. The lowest BCUT2D eigenvalue weighted by atomic mass is 9.85. The molecule has 0 N–H and O–H groups in total. The third-order valence-electron chi connectivity index (χ3n) is 5.05. The molecule has 0 bridgehead atoms. The number of nitrogens with zero attached hydrogens (tertiary/aromatic N) is 2. The lowest BCUT2D eigenvalue weighted by molar-refractivity contribution is -0.137. The number of carbonyl (C=O) groups excluding carboxylic acids is 1. The number of fused-ring (bicyclic) bond motifs is 1. The van der Waals surface area contributed by atoms with E-state index in [4.69, 9.17) is 0 Å². The Bertz CT molecular complexity index is 828. The van der Waals surface area contributed by atoms with Gasteiger partial charge in [-0.05, 0) is 42.5 Å². The number of amides is 1. The summed E-state index contributed by atoms with van der Waals surface area (Å²) in [7, 11) is 0. The zero-order valence-corrected chi connectivity index (χ0v) is 13.5. The number of alkyl halides is 3. The van der Waals surface area contributed by atoms with Gasteiger partial charge in [0, 0.05) is 18.3 Å². The molecule has 0 unspecified atom stereocenters. The van der Waals surface area contributed by atoms with Crippen LogP contribution in [0.5, 0.6) is 0 Å². The molecule has 1 aliphatic heterocycles. The number of anilines is 1. The van der Waals surface area contributed by atoms with Crippen molar-refractivity contribution in [1.82, 2.24) is 4.98 Å². The predicted octanol–water partition coefficient (Wildman–Crippen LogP) is 4.46. The summed E-state index contributed by atoms with van der Waals surface area (Å²) in [4.78, 5) is 18.4. The summed E-state index contributed by atoms with van der Waals surface area (Å²) in [6, 6.07) is 6.99. The van der Waals surface area contributed by atoms with Gasteiger partial charge in [0.15, 0.2) is 0 Å². The fraction of sp³-hybridized carbons (Fsp3) is 0.368. The number of carbonyl (C=O) groups is 1. The van der Waals surface area contributed by atoms with E-state index >= 15 is 0 Å². The second-order valence-electron chi connectivity index (χ2n) is 6.75. The van der Waals surface area contributed by atoms with Crippen molar-refractivity contribution in [2.24, 2.45) is 5.92 Å². The number of hydrogen-bond donors (Lipinski definition) is 0. The van der Waals surface area contributed by atoms with Crippen LogP contribution >= 0.6 is 0 Å². The standard InChI is InChI=1S/C19H17F3N2O/c20-19(21,22)15-6-2-5-13(7-15)14-8-17-16(23-10-14)9-18(25)24(17)11-12-3-1-4-12/h2,5-8,10,12H,1,3-4,9,11H2. The topological polar surface area (TPSA) is 33.2 Å². The molecule has 6 heteroatoms. The molecule has 0 atom stereocenters. The molecule has 0 radical (unpaired) electrons. The molecule has 1 aromatic heterocycles. The molecule has 2 aliphatic rings. The van der Waals surface area contributed by atoms with Gasteiger partial charge >= 0.3 is 6.18 Å². The first-order chi connectivity index (χ1) is 11.9. The summed E-state index contributed by atoms with van der Waals surface area (Å²) in [5.74, 6) is 0.544. The third-order valence-corrected chi connectivity index (χ3v) is 5.05. The minimum atomic E-state index is -4.38. The molecule has 3 nitrogen and oxygen atoms in total. The smallest absolute Gasteiger partial charge is 0.310 e. The summed E-state index contributed by atoms with van der Waals surface area (Å²) < 4.78 is 38.8. The van der Waals surface area contributed by atoms with Crippen LogP contribution in [0.15, 0.2) is 36.5 Å². The Labute approximate surface area is 143 Å². The van der Waals surface area contributed by atoms with Crippen molar-refractivity contribution in [3.63, 3.8) is 0 Å². The molecule has 2 heterocycles. The number of halogens is 3. The lowest BCUT2D eigenvalue weighted by Crippen LogP contribution is -2.34. The zero-order valence-electron chi connectivity index (χ0n) is 13.5. The molecule has 0 saturated heterocycles. The molecule has 0 spiro atoms.